The molecule has 0 atom stereocenters. The number of halogens is 1. The molecule has 7 nitrogen and oxygen atoms in total. The molecule has 0 aliphatic carbocycles. The van der Waals surface area contributed by atoms with Gasteiger partial charge in [0, 0.05) is 49.6 Å². The molecule has 32 heavy (non-hydrogen) atoms. The minimum Gasteiger partial charge on any atom is -0.439 e. The number of benzene rings is 2. The van der Waals surface area contributed by atoms with Crippen molar-refractivity contribution in [1.29, 1.82) is 0 Å². The molecule has 0 bridgehead atoms. The molecule has 0 saturated carbocycles. The lowest BCUT2D eigenvalue weighted by atomic mass is 10.2. The molecule has 2 N–H and O–H groups in total. The third-order valence-electron chi connectivity index (χ3n) is 5.06. The lowest BCUT2D eigenvalue weighted by molar-refractivity contribution is -0.128. The Labute approximate surface area is 185 Å². The summed E-state index contributed by atoms with van der Waals surface area (Å²) in [5.74, 6) is 0.391. The van der Waals surface area contributed by atoms with Crippen molar-refractivity contribution in [3.63, 3.8) is 0 Å². The smallest absolute Gasteiger partial charge is 0.319 e. The van der Waals surface area contributed by atoms with Gasteiger partial charge in [-0.05, 0) is 42.3 Å². The second-order valence-corrected chi connectivity index (χ2v) is 7.45. The fraction of sp³-hybridized carbons (Fsp3) is 0.208. The zero-order chi connectivity index (χ0) is 22.3. The van der Waals surface area contributed by atoms with Crippen LogP contribution < -0.4 is 15.4 Å². The van der Waals surface area contributed by atoms with E-state index in [1.165, 1.54) is 12.1 Å². The normalized spacial score (nSPS) is 13.2. The number of anilines is 1. The highest BCUT2D eigenvalue weighted by Crippen LogP contribution is 2.23. The fourth-order valence-corrected chi connectivity index (χ4v) is 3.43. The van der Waals surface area contributed by atoms with Gasteiger partial charge in [-0.3, -0.25) is 4.79 Å². The third kappa shape index (κ3) is 5.60. The van der Waals surface area contributed by atoms with Gasteiger partial charge < -0.3 is 20.3 Å². The van der Waals surface area contributed by atoms with E-state index in [9.17, 15) is 14.0 Å². The number of amides is 3. The van der Waals surface area contributed by atoms with Gasteiger partial charge in [-0.2, -0.15) is 0 Å². The molecule has 8 heteroatoms. The predicted molar refractivity (Wildman–Crippen MR) is 118 cm³/mol. The average Bonchev–Trinajstić information content (AvgIpc) is 3.19. The molecule has 3 amide bonds. The number of rotatable bonds is 7. The maximum atomic E-state index is 13.4. The van der Waals surface area contributed by atoms with Crippen LogP contribution >= 0.6 is 0 Å². The van der Waals surface area contributed by atoms with Gasteiger partial charge in [0.25, 0.3) is 0 Å². The van der Waals surface area contributed by atoms with Crippen molar-refractivity contribution in [1.82, 2.24) is 15.2 Å². The van der Waals surface area contributed by atoms with Crippen LogP contribution in [0.5, 0.6) is 11.6 Å². The molecule has 3 aromatic rings. The van der Waals surface area contributed by atoms with Gasteiger partial charge in [0.15, 0.2) is 0 Å². The van der Waals surface area contributed by atoms with Crippen molar-refractivity contribution in [3.05, 3.63) is 83.8 Å². The number of nitrogens with zero attached hydrogens (tertiary/aromatic N) is 2. The van der Waals surface area contributed by atoms with E-state index in [4.69, 9.17) is 4.74 Å². The van der Waals surface area contributed by atoms with E-state index in [0.29, 0.717) is 35.8 Å². The molecule has 164 valence electrons. The molecular formula is C24H23FN4O3. The summed E-state index contributed by atoms with van der Waals surface area (Å²) < 4.78 is 19.1. The van der Waals surface area contributed by atoms with Crippen molar-refractivity contribution in [2.24, 2.45) is 0 Å². The highest BCUT2D eigenvalue weighted by molar-refractivity contribution is 5.89. The Morgan fingerprint density at radius 3 is 2.72 bits per heavy atom. The number of likely N-dealkylation sites (tertiary alicyclic amines) is 1. The Morgan fingerprint density at radius 1 is 1.12 bits per heavy atom. The molecule has 1 saturated heterocycles. The van der Waals surface area contributed by atoms with Gasteiger partial charge in [-0.25, -0.2) is 14.2 Å². The summed E-state index contributed by atoms with van der Waals surface area (Å²) in [5, 5.41) is 5.54. The monoisotopic (exact) mass is 434 g/mol. The van der Waals surface area contributed by atoms with Crippen LogP contribution in [0.1, 0.15) is 24.0 Å². The van der Waals surface area contributed by atoms with Crippen LogP contribution in [0.25, 0.3) is 0 Å². The molecule has 2 aromatic carbocycles. The SMILES string of the molecule is O=C(NCc1cccnc1Oc1cccc(F)c1)Nc1ccc(CN2CCCC2=O)cc1. The Kier molecular flexibility index (Phi) is 6.60. The fourth-order valence-electron chi connectivity index (χ4n) is 3.43. The number of nitrogens with one attached hydrogen (secondary N) is 2. The minimum atomic E-state index is -0.407. The van der Waals surface area contributed by atoms with Gasteiger partial charge in [0.2, 0.25) is 11.8 Å². The van der Waals surface area contributed by atoms with E-state index < -0.39 is 5.82 Å². The van der Waals surface area contributed by atoms with Crippen molar-refractivity contribution < 1.29 is 18.7 Å². The third-order valence-corrected chi connectivity index (χ3v) is 5.06. The highest BCUT2D eigenvalue weighted by Gasteiger charge is 2.19. The van der Waals surface area contributed by atoms with Gasteiger partial charge in [-0.15, -0.1) is 0 Å². The first-order valence-corrected chi connectivity index (χ1v) is 10.4. The number of urea groups is 1. The first-order chi connectivity index (χ1) is 15.6. The molecule has 0 unspecified atom stereocenters. The molecule has 0 spiro atoms. The number of carbonyl (C=O) groups excluding carboxylic acids is 2. The quantitative estimate of drug-likeness (QED) is 0.575. The Hall–Kier alpha value is -3.94. The Morgan fingerprint density at radius 2 is 1.97 bits per heavy atom. The lowest BCUT2D eigenvalue weighted by Gasteiger charge is -2.16. The van der Waals surface area contributed by atoms with Crippen molar-refractivity contribution in [3.8, 4) is 11.6 Å². The van der Waals surface area contributed by atoms with Crippen LogP contribution in [0.2, 0.25) is 0 Å². The maximum absolute atomic E-state index is 13.4. The van der Waals surface area contributed by atoms with Crippen LogP contribution in [0.4, 0.5) is 14.9 Å². The second-order valence-electron chi connectivity index (χ2n) is 7.45. The average molecular weight is 434 g/mol. The zero-order valence-electron chi connectivity index (χ0n) is 17.4. The van der Waals surface area contributed by atoms with Gasteiger partial charge in [0.1, 0.15) is 11.6 Å². The maximum Gasteiger partial charge on any atom is 0.319 e. The number of aromatic nitrogens is 1. The van der Waals surface area contributed by atoms with Crippen molar-refractivity contribution in [2.75, 3.05) is 11.9 Å². The summed E-state index contributed by atoms with van der Waals surface area (Å²) in [4.78, 5) is 30.1. The van der Waals surface area contributed by atoms with E-state index in [0.717, 1.165) is 18.5 Å². The summed E-state index contributed by atoms with van der Waals surface area (Å²) >= 11 is 0. The molecule has 1 aromatic heterocycles. The van der Waals surface area contributed by atoms with E-state index in [1.807, 2.05) is 17.0 Å². The van der Waals surface area contributed by atoms with Crippen LogP contribution in [-0.2, 0) is 17.9 Å². The molecule has 1 aliphatic rings. The van der Waals surface area contributed by atoms with E-state index in [1.54, 1.807) is 42.6 Å². The molecule has 1 fully saturated rings. The van der Waals surface area contributed by atoms with Crippen molar-refractivity contribution in [2.45, 2.75) is 25.9 Å². The Bertz CT molecular complexity index is 1100. The van der Waals surface area contributed by atoms with Crippen LogP contribution in [-0.4, -0.2) is 28.4 Å². The predicted octanol–water partition coefficient (Wildman–Crippen LogP) is 4.46. The van der Waals surface area contributed by atoms with E-state index in [2.05, 4.69) is 15.6 Å². The molecule has 2 heterocycles. The summed E-state index contributed by atoms with van der Waals surface area (Å²) in [6, 6.07) is 16.3. The van der Waals surface area contributed by atoms with Gasteiger partial charge in [0.05, 0.1) is 0 Å². The van der Waals surface area contributed by atoms with Crippen LogP contribution in [0, 0.1) is 5.82 Å². The van der Waals surface area contributed by atoms with E-state index >= 15 is 0 Å². The second kappa shape index (κ2) is 9.91. The zero-order valence-corrected chi connectivity index (χ0v) is 17.4. The summed E-state index contributed by atoms with van der Waals surface area (Å²) in [6.45, 7) is 1.56. The number of hydrogen-bond acceptors (Lipinski definition) is 4. The topological polar surface area (TPSA) is 83.6 Å². The van der Waals surface area contributed by atoms with Crippen LogP contribution in [0.15, 0.2) is 66.9 Å². The summed E-state index contributed by atoms with van der Waals surface area (Å²) in [7, 11) is 0. The Balaban J connectivity index is 1.31. The highest BCUT2D eigenvalue weighted by atomic mass is 19.1. The van der Waals surface area contributed by atoms with Gasteiger partial charge >= 0.3 is 6.03 Å². The largest absolute Gasteiger partial charge is 0.439 e. The molecule has 1 aliphatic heterocycles. The van der Waals surface area contributed by atoms with Gasteiger partial charge in [-0.1, -0.05) is 24.3 Å². The molecule has 0 radical (unpaired) electrons. The van der Waals surface area contributed by atoms with E-state index in [-0.39, 0.29) is 18.5 Å². The summed E-state index contributed by atoms with van der Waals surface area (Å²) in [5.41, 5.74) is 2.31. The lowest BCUT2D eigenvalue weighted by Crippen LogP contribution is -2.28. The molecule has 4 rings (SSSR count). The summed E-state index contributed by atoms with van der Waals surface area (Å²) in [6.07, 6.45) is 3.09. The first-order valence-electron chi connectivity index (χ1n) is 10.4. The number of pyridine rings is 1. The number of ether oxygens (including phenoxy) is 1. The number of carbonyl (C=O) groups is 2. The standard InChI is InChI=1S/C24H23FN4O3/c25-19-5-1-6-21(14-19)32-23-18(4-2-12-26-23)15-27-24(31)28-20-10-8-17(9-11-20)16-29-13-3-7-22(29)30/h1-2,4-6,8-12,14H,3,7,13,15-16H2,(H2,27,28,31). The van der Waals surface area contributed by atoms with Crippen molar-refractivity contribution >= 4 is 17.6 Å². The van der Waals surface area contributed by atoms with Crippen LogP contribution in [0.3, 0.4) is 0 Å². The minimum absolute atomic E-state index is 0.180. The molecular weight excluding hydrogens is 411 g/mol. The number of hydrogen-bond donors (Lipinski definition) is 2. The first kappa shape index (κ1) is 21.3.